The first kappa shape index (κ1) is 19.1. The second kappa shape index (κ2) is 7.00. The van der Waals surface area contributed by atoms with E-state index in [0.29, 0.717) is 10.9 Å². The van der Waals surface area contributed by atoms with Gasteiger partial charge in [-0.2, -0.15) is 0 Å². The summed E-state index contributed by atoms with van der Waals surface area (Å²) in [5, 5.41) is 13.7. The van der Waals surface area contributed by atoms with Crippen molar-refractivity contribution in [2.24, 2.45) is 4.99 Å². The Labute approximate surface area is 172 Å². The molecule has 8 heteroatoms. The molecule has 0 saturated heterocycles. The van der Waals surface area contributed by atoms with Gasteiger partial charge in [0.1, 0.15) is 5.84 Å². The van der Waals surface area contributed by atoms with Crippen LogP contribution in [0.2, 0.25) is 5.02 Å². The molecule has 0 aliphatic carbocycles. The number of amidine groups is 1. The molecule has 2 heterocycles. The first-order valence-electron chi connectivity index (χ1n) is 8.46. The van der Waals surface area contributed by atoms with Gasteiger partial charge >= 0.3 is 0 Å². The summed E-state index contributed by atoms with van der Waals surface area (Å²) >= 11 is 7.45. The summed E-state index contributed by atoms with van der Waals surface area (Å²) in [4.78, 5) is 7.51. The van der Waals surface area contributed by atoms with Crippen molar-refractivity contribution in [2.75, 3.05) is 17.7 Å². The molecule has 1 aliphatic rings. The van der Waals surface area contributed by atoms with Crippen LogP contribution in [0.25, 0.3) is 0 Å². The molecule has 1 atom stereocenters. The van der Waals surface area contributed by atoms with E-state index in [1.807, 2.05) is 34.5 Å². The Kier molecular flexibility index (Phi) is 4.79. The number of halogens is 1. The summed E-state index contributed by atoms with van der Waals surface area (Å²) in [6, 6.07) is 17.5. The van der Waals surface area contributed by atoms with Gasteiger partial charge in [-0.1, -0.05) is 17.7 Å². The van der Waals surface area contributed by atoms with Gasteiger partial charge in [0.15, 0.2) is 9.84 Å². The molecule has 1 N–H and O–H groups in total. The molecule has 0 radical (unpaired) electrons. The number of sulfone groups is 1. The van der Waals surface area contributed by atoms with Crippen molar-refractivity contribution < 1.29 is 13.5 Å². The van der Waals surface area contributed by atoms with Crippen molar-refractivity contribution in [1.29, 1.82) is 0 Å². The molecule has 144 valence electrons. The van der Waals surface area contributed by atoms with Crippen LogP contribution in [0.3, 0.4) is 0 Å². The Hall–Kier alpha value is -2.19. The number of hydrogen-bond acceptors (Lipinski definition) is 6. The first-order valence-corrected chi connectivity index (χ1v) is 11.6. The minimum absolute atomic E-state index is 0.226. The molecule has 0 saturated carbocycles. The lowest BCUT2D eigenvalue weighted by molar-refractivity contribution is 0.0687. The molecule has 4 rings (SSSR count). The van der Waals surface area contributed by atoms with Crippen molar-refractivity contribution in [3.63, 3.8) is 0 Å². The summed E-state index contributed by atoms with van der Waals surface area (Å²) in [7, 11) is -3.28. The van der Waals surface area contributed by atoms with Gasteiger partial charge in [-0.25, -0.2) is 13.4 Å². The van der Waals surface area contributed by atoms with E-state index >= 15 is 0 Å². The number of thiophene rings is 1. The van der Waals surface area contributed by atoms with E-state index in [2.05, 4.69) is 4.99 Å². The van der Waals surface area contributed by atoms with Crippen LogP contribution in [0.1, 0.15) is 10.4 Å². The van der Waals surface area contributed by atoms with Crippen LogP contribution < -0.4 is 4.90 Å². The highest BCUT2D eigenvalue weighted by Crippen LogP contribution is 2.37. The average Bonchev–Trinajstić information content (AvgIpc) is 3.31. The summed E-state index contributed by atoms with van der Waals surface area (Å²) < 4.78 is 23.5. The Morgan fingerprint density at radius 1 is 1.11 bits per heavy atom. The molecular formula is C20H17ClN2O3S2. The van der Waals surface area contributed by atoms with E-state index in [1.54, 1.807) is 36.4 Å². The van der Waals surface area contributed by atoms with E-state index in [4.69, 9.17) is 11.6 Å². The molecule has 1 unspecified atom stereocenters. The molecule has 0 fully saturated rings. The zero-order valence-corrected chi connectivity index (χ0v) is 17.3. The van der Waals surface area contributed by atoms with Crippen LogP contribution in [-0.4, -0.2) is 32.2 Å². The Morgan fingerprint density at radius 3 is 2.36 bits per heavy atom. The molecule has 1 aromatic heterocycles. The largest absolute Gasteiger partial charge is 0.363 e. The standard InChI is InChI=1S/C20H17ClN2O3S2/c1-28(25,26)17-10-8-16(9-11-17)23-13-20(24,18-3-2-12-27-18)22-19(23)14-4-6-15(21)7-5-14/h2-12,24H,13H2,1H3. The van der Waals surface area contributed by atoms with Gasteiger partial charge in [0.05, 0.1) is 16.3 Å². The number of anilines is 1. The number of aliphatic imine (C=N–C) groups is 1. The normalized spacial score (nSPS) is 19.7. The molecule has 3 aromatic rings. The number of nitrogens with zero attached hydrogens (tertiary/aromatic N) is 2. The third kappa shape index (κ3) is 3.58. The summed E-state index contributed by atoms with van der Waals surface area (Å²) in [6.07, 6.45) is 1.17. The lowest BCUT2D eigenvalue weighted by Gasteiger charge is -2.24. The maximum Gasteiger partial charge on any atom is 0.212 e. The highest BCUT2D eigenvalue weighted by molar-refractivity contribution is 7.90. The molecule has 28 heavy (non-hydrogen) atoms. The topological polar surface area (TPSA) is 70.0 Å². The second-order valence-corrected chi connectivity index (χ2v) is 9.99. The van der Waals surface area contributed by atoms with Gasteiger partial charge in [0, 0.05) is 22.5 Å². The van der Waals surface area contributed by atoms with Gasteiger partial charge in [-0.05, 0) is 60.0 Å². The van der Waals surface area contributed by atoms with Crippen molar-refractivity contribution in [1.82, 2.24) is 0 Å². The van der Waals surface area contributed by atoms with Crippen molar-refractivity contribution in [3.8, 4) is 0 Å². The van der Waals surface area contributed by atoms with Crippen LogP contribution in [0, 0.1) is 0 Å². The second-order valence-electron chi connectivity index (χ2n) is 6.59. The lowest BCUT2D eigenvalue weighted by atomic mass is 10.1. The molecule has 1 aliphatic heterocycles. The zero-order valence-electron chi connectivity index (χ0n) is 14.9. The van der Waals surface area contributed by atoms with Gasteiger partial charge in [-0.15, -0.1) is 11.3 Å². The van der Waals surface area contributed by atoms with Crippen LogP contribution in [0.4, 0.5) is 5.69 Å². The van der Waals surface area contributed by atoms with Gasteiger partial charge in [0.25, 0.3) is 0 Å². The number of benzene rings is 2. The van der Waals surface area contributed by atoms with Gasteiger partial charge in [0.2, 0.25) is 5.72 Å². The fourth-order valence-electron chi connectivity index (χ4n) is 3.11. The Balaban J connectivity index is 1.79. The smallest absolute Gasteiger partial charge is 0.212 e. The lowest BCUT2D eigenvalue weighted by Crippen LogP contribution is -2.34. The van der Waals surface area contributed by atoms with Gasteiger partial charge in [-0.3, -0.25) is 0 Å². The minimum Gasteiger partial charge on any atom is -0.363 e. The first-order chi connectivity index (χ1) is 13.3. The van der Waals surface area contributed by atoms with E-state index in [9.17, 15) is 13.5 Å². The maximum atomic E-state index is 11.8. The number of β-amino-alcohol motifs (C(OH)–C–C–N with tert-alkyl or cyclic N) is 1. The number of hydrogen-bond donors (Lipinski definition) is 1. The van der Waals surface area contributed by atoms with Crippen molar-refractivity contribution in [2.45, 2.75) is 10.6 Å². The van der Waals surface area contributed by atoms with E-state index < -0.39 is 15.6 Å². The van der Waals surface area contributed by atoms with Crippen LogP contribution in [0.15, 0.2) is 75.9 Å². The summed E-state index contributed by atoms with van der Waals surface area (Å²) in [5.41, 5.74) is 0.177. The monoisotopic (exact) mass is 432 g/mol. The Bertz CT molecular complexity index is 1130. The highest BCUT2D eigenvalue weighted by atomic mass is 35.5. The summed E-state index contributed by atoms with van der Waals surface area (Å²) in [5.74, 6) is 0.597. The van der Waals surface area contributed by atoms with Crippen LogP contribution in [-0.2, 0) is 15.6 Å². The van der Waals surface area contributed by atoms with Crippen molar-refractivity contribution >= 4 is 44.3 Å². The highest BCUT2D eigenvalue weighted by Gasteiger charge is 2.41. The molecular weight excluding hydrogens is 416 g/mol. The van der Waals surface area contributed by atoms with Crippen LogP contribution >= 0.6 is 22.9 Å². The maximum absolute atomic E-state index is 11.8. The average molecular weight is 433 g/mol. The number of rotatable bonds is 4. The fraction of sp³-hybridized carbons (Fsp3) is 0.150. The predicted molar refractivity (Wildman–Crippen MR) is 113 cm³/mol. The minimum atomic E-state index is -3.28. The molecule has 2 aromatic carbocycles. The quantitative estimate of drug-likeness (QED) is 0.678. The SMILES string of the molecule is CS(=O)(=O)c1ccc(N2CC(O)(c3cccs3)N=C2c2ccc(Cl)cc2)cc1. The number of aliphatic hydroxyl groups is 1. The summed E-state index contributed by atoms with van der Waals surface area (Å²) in [6.45, 7) is 0.226. The molecule has 0 amide bonds. The van der Waals surface area contributed by atoms with E-state index in [-0.39, 0.29) is 11.4 Å². The van der Waals surface area contributed by atoms with Gasteiger partial charge < -0.3 is 10.0 Å². The third-order valence-electron chi connectivity index (χ3n) is 4.52. The van der Waals surface area contributed by atoms with Crippen LogP contribution in [0.5, 0.6) is 0 Å². The molecule has 0 spiro atoms. The Morgan fingerprint density at radius 2 is 1.79 bits per heavy atom. The third-order valence-corrected chi connectivity index (χ3v) is 6.91. The van der Waals surface area contributed by atoms with E-state index in [1.165, 1.54) is 17.6 Å². The molecule has 5 nitrogen and oxygen atoms in total. The molecule has 0 bridgehead atoms. The zero-order chi connectivity index (χ0) is 19.9. The predicted octanol–water partition coefficient (Wildman–Crippen LogP) is 3.92. The van der Waals surface area contributed by atoms with Crippen molar-refractivity contribution in [3.05, 3.63) is 81.5 Å². The fourth-order valence-corrected chi connectivity index (χ4v) is 4.63. The van der Waals surface area contributed by atoms with E-state index in [0.717, 1.165) is 16.1 Å².